The van der Waals surface area contributed by atoms with E-state index in [1.807, 2.05) is 6.07 Å². The van der Waals surface area contributed by atoms with Gasteiger partial charge >= 0.3 is 0 Å². The number of aliphatic imine (C=N–C) groups is 1. The van der Waals surface area contributed by atoms with Crippen molar-refractivity contribution in [2.24, 2.45) is 4.99 Å². The van der Waals surface area contributed by atoms with E-state index in [1.54, 1.807) is 0 Å². The van der Waals surface area contributed by atoms with E-state index in [0.29, 0.717) is 12.6 Å². The minimum absolute atomic E-state index is 0.628. The lowest BCUT2D eigenvalue weighted by molar-refractivity contribution is 0.0195. The van der Waals surface area contributed by atoms with E-state index in [4.69, 9.17) is 9.73 Å². The fourth-order valence-corrected chi connectivity index (χ4v) is 3.85. The summed E-state index contributed by atoms with van der Waals surface area (Å²) in [5.41, 5.74) is 1.23. The Morgan fingerprint density at radius 1 is 1.33 bits per heavy atom. The van der Waals surface area contributed by atoms with Gasteiger partial charge in [-0.1, -0.05) is 28.1 Å². The van der Waals surface area contributed by atoms with Crippen molar-refractivity contribution in [2.45, 2.75) is 25.9 Å². The van der Waals surface area contributed by atoms with Gasteiger partial charge < -0.3 is 15.0 Å². The number of benzene rings is 1. The second kappa shape index (κ2) is 8.83. The third-order valence-corrected chi connectivity index (χ3v) is 5.15. The van der Waals surface area contributed by atoms with Crippen LogP contribution in [0, 0.1) is 0 Å². The van der Waals surface area contributed by atoms with Crippen LogP contribution < -0.4 is 5.32 Å². The Hall–Kier alpha value is -1.11. The molecule has 0 radical (unpaired) electrons. The molecule has 3 rings (SSSR count). The maximum absolute atomic E-state index is 5.47. The number of rotatable bonds is 4. The van der Waals surface area contributed by atoms with E-state index < -0.39 is 0 Å². The highest BCUT2D eigenvalue weighted by atomic mass is 79.9. The van der Waals surface area contributed by atoms with Gasteiger partial charge in [0.05, 0.1) is 19.8 Å². The van der Waals surface area contributed by atoms with Crippen LogP contribution in [0.15, 0.2) is 33.7 Å². The van der Waals surface area contributed by atoms with Crippen molar-refractivity contribution >= 4 is 21.9 Å². The maximum atomic E-state index is 5.47. The van der Waals surface area contributed by atoms with Crippen molar-refractivity contribution in [3.8, 4) is 0 Å². The average Bonchev–Trinajstić information content (AvgIpc) is 3.09. The van der Waals surface area contributed by atoms with E-state index in [2.05, 4.69) is 56.2 Å². The van der Waals surface area contributed by atoms with Gasteiger partial charge in [0.25, 0.3) is 0 Å². The van der Waals surface area contributed by atoms with Crippen LogP contribution in [-0.4, -0.2) is 67.7 Å². The van der Waals surface area contributed by atoms with Crippen LogP contribution >= 0.6 is 15.9 Å². The number of halogens is 1. The van der Waals surface area contributed by atoms with Gasteiger partial charge in [0.15, 0.2) is 5.96 Å². The van der Waals surface area contributed by atoms with Crippen molar-refractivity contribution in [1.29, 1.82) is 0 Å². The molecule has 1 aromatic carbocycles. The first-order chi connectivity index (χ1) is 11.8. The van der Waals surface area contributed by atoms with Crippen LogP contribution in [0.5, 0.6) is 0 Å². The largest absolute Gasteiger partial charge is 0.379 e. The Balaban J connectivity index is 1.61. The molecule has 2 fully saturated rings. The summed E-state index contributed by atoms with van der Waals surface area (Å²) in [4.78, 5) is 9.83. The maximum Gasteiger partial charge on any atom is 0.194 e. The van der Waals surface area contributed by atoms with Gasteiger partial charge in [-0.2, -0.15) is 0 Å². The van der Waals surface area contributed by atoms with Crippen LogP contribution in [0.3, 0.4) is 0 Å². The molecule has 24 heavy (non-hydrogen) atoms. The third kappa shape index (κ3) is 4.71. The van der Waals surface area contributed by atoms with E-state index in [9.17, 15) is 0 Å². The van der Waals surface area contributed by atoms with Crippen LogP contribution in [0.1, 0.15) is 18.9 Å². The summed E-state index contributed by atoms with van der Waals surface area (Å²) in [7, 11) is 0. The zero-order valence-corrected chi connectivity index (χ0v) is 16.0. The van der Waals surface area contributed by atoms with Crippen molar-refractivity contribution < 1.29 is 4.74 Å². The standard InChI is InChI=1S/C18H27BrN4O/c1-2-20-18(21-13-15-4-3-5-16(19)12-15)23-7-6-17(14-23)22-8-10-24-11-9-22/h3-5,12,17H,2,6-11,13-14H2,1H3,(H,20,21). The summed E-state index contributed by atoms with van der Waals surface area (Å²) < 4.78 is 6.58. The number of nitrogens with one attached hydrogen (secondary N) is 1. The lowest BCUT2D eigenvalue weighted by Gasteiger charge is -2.32. The molecule has 0 aromatic heterocycles. The van der Waals surface area contributed by atoms with E-state index in [1.165, 1.54) is 12.0 Å². The Kier molecular flexibility index (Phi) is 6.51. The summed E-state index contributed by atoms with van der Waals surface area (Å²) in [5, 5.41) is 3.45. The van der Waals surface area contributed by atoms with Gasteiger partial charge in [-0.05, 0) is 31.0 Å². The van der Waals surface area contributed by atoms with E-state index in [-0.39, 0.29) is 0 Å². The van der Waals surface area contributed by atoms with Crippen LogP contribution in [0.2, 0.25) is 0 Å². The number of guanidine groups is 1. The average molecular weight is 395 g/mol. The fraction of sp³-hybridized carbons (Fsp3) is 0.611. The molecule has 1 atom stereocenters. The Labute approximate surface area is 153 Å². The number of hydrogen-bond donors (Lipinski definition) is 1. The molecule has 2 aliphatic heterocycles. The molecular formula is C18H27BrN4O. The predicted octanol–water partition coefficient (Wildman–Crippen LogP) is 2.32. The van der Waals surface area contributed by atoms with Crippen LogP contribution in [0.25, 0.3) is 0 Å². The van der Waals surface area contributed by atoms with E-state index in [0.717, 1.165) is 56.4 Å². The number of morpholine rings is 1. The van der Waals surface area contributed by atoms with Gasteiger partial charge in [-0.15, -0.1) is 0 Å². The van der Waals surface area contributed by atoms with Crippen molar-refractivity contribution in [1.82, 2.24) is 15.1 Å². The van der Waals surface area contributed by atoms with Crippen molar-refractivity contribution in [3.63, 3.8) is 0 Å². The highest BCUT2D eigenvalue weighted by Gasteiger charge is 2.30. The minimum atomic E-state index is 0.628. The molecular weight excluding hydrogens is 368 g/mol. The monoisotopic (exact) mass is 394 g/mol. The van der Waals surface area contributed by atoms with Crippen molar-refractivity contribution in [2.75, 3.05) is 45.9 Å². The molecule has 0 bridgehead atoms. The molecule has 0 amide bonds. The molecule has 132 valence electrons. The lowest BCUT2D eigenvalue weighted by atomic mass is 10.2. The molecule has 1 unspecified atom stereocenters. The molecule has 0 aliphatic carbocycles. The smallest absolute Gasteiger partial charge is 0.194 e. The normalized spacial score (nSPS) is 22.8. The van der Waals surface area contributed by atoms with Gasteiger partial charge in [-0.3, -0.25) is 4.90 Å². The molecule has 0 spiro atoms. The Bertz CT molecular complexity index is 560. The molecule has 5 nitrogen and oxygen atoms in total. The second-order valence-corrected chi connectivity index (χ2v) is 7.25. The lowest BCUT2D eigenvalue weighted by Crippen LogP contribution is -2.46. The first-order valence-corrected chi connectivity index (χ1v) is 9.65. The number of likely N-dealkylation sites (tertiary alicyclic amines) is 1. The van der Waals surface area contributed by atoms with Crippen LogP contribution in [0.4, 0.5) is 0 Å². The Morgan fingerprint density at radius 3 is 2.92 bits per heavy atom. The quantitative estimate of drug-likeness (QED) is 0.628. The van der Waals surface area contributed by atoms with Gasteiger partial charge in [0, 0.05) is 43.2 Å². The summed E-state index contributed by atoms with van der Waals surface area (Å²) in [6, 6.07) is 8.99. The number of hydrogen-bond acceptors (Lipinski definition) is 3. The predicted molar refractivity (Wildman–Crippen MR) is 101 cm³/mol. The summed E-state index contributed by atoms with van der Waals surface area (Å²) in [6.45, 7) is 9.73. The second-order valence-electron chi connectivity index (χ2n) is 6.34. The van der Waals surface area contributed by atoms with Gasteiger partial charge in [-0.25, -0.2) is 4.99 Å². The fourth-order valence-electron chi connectivity index (χ4n) is 3.40. The molecule has 2 aliphatic rings. The first kappa shape index (κ1) is 17.7. The molecule has 2 heterocycles. The third-order valence-electron chi connectivity index (χ3n) is 4.66. The highest BCUT2D eigenvalue weighted by Crippen LogP contribution is 2.18. The highest BCUT2D eigenvalue weighted by molar-refractivity contribution is 9.10. The van der Waals surface area contributed by atoms with Crippen molar-refractivity contribution in [3.05, 3.63) is 34.3 Å². The zero-order chi connectivity index (χ0) is 16.8. The molecule has 1 N–H and O–H groups in total. The van der Waals surface area contributed by atoms with E-state index >= 15 is 0 Å². The zero-order valence-electron chi connectivity index (χ0n) is 14.4. The molecule has 2 saturated heterocycles. The summed E-state index contributed by atoms with van der Waals surface area (Å²) in [6.07, 6.45) is 1.21. The molecule has 1 aromatic rings. The number of nitrogens with zero attached hydrogens (tertiary/aromatic N) is 3. The van der Waals surface area contributed by atoms with Gasteiger partial charge in [0.1, 0.15) is 0 Å². The van der Waals surface area contributed by atoms with Crippen LogP contribution in [-0.2, 0) is 11.3 Å². The summed E-state index contributed by atoms with van der Waals surface area (Å²) >= 11 is 3.53. The Morgan fingerprint density at radius 2 is 2.17 bits per heavy atom. The molecule has 0 saturated carbocycles. The topological polar surface area (TPSA) is 40.1 Å². The molecule has 6 heteroatoms. The SMILES string of the molecule is CCNC(=NCc1cccc(Br)c1)N1CCC(N2CCOCC2)C1. The first-order valence-electron chi connectivity index (χ1n) is 8.85. The number of ether oxygens (including phenoxy) is 1. The minimum Gasteiger partial charge on any atom is -0.379 e. The van der Waals surface area contributed by atoms with Gasteiger partial charge in [0.2, 0.25) is 0 Å². The summed E-state index contributed by atoms with van der Waals surface area (Å²) in [5.74, 6) is 1.04.